The fraction of sp³-hybridized carbons (Fsp3) is 0.368. The number of hydrogen-bond donors (Lipinski definition) is 2. The van der Waals surface area contributed by atoms with Gasteiger partial charge in [-0.1, -0.05) is 0 Å². The number of aromatic nitrogens is 1. The second-order valence-electron chi connectivity index (χ2n) is 6.71. The van der Waals surface area contributed by atoms with Gasteiger partial charge in [-0.25, -0.2) is 4.98 Å². The molecule has 1 aliphatic heterocycles. The molecule has 6 nitrogen and oxygen atoms in total. The van der Waals surface area contributed by atoms with Gasteiger partial charge in [0.25, 0.3) is 0 Å². The first-order chi connectivity index (χ1) is 12.5. The van der Waals surface area contributed by atoms with E-state index in [2.05, 4.69) is 4.98 Å². The Kier molecular flexibility index (Phi) is 4.52. The predicted octanol–water partition coefficient (Wildman–Crippen LogP) is 1.65. The number of phenols is 1. The molecule has 1 fully saturated rings. The van der Waals surface area contributed by atoms with Crippen LogP contribution in [0.1, 0.15) is 16.8 Å². The molecule has 0 atom stereocenters. The van der Waals surface area contributed by atoms with Crippen molar-refractivity contribution in [3.63, 3.8) is 0 Å². The fourth-order valence-corrected chi connectivity index (χ4v) is 4.21. The van der Waals surface area contributed by atoms with Gasteiger partial charge in [0, 0.05) is 11.1 Å². The third kappa shape index (κ3) is 3.02. The Morgan fingerprint density at radius 1 is 1.31 bits per heavy atom. The minimum absolute atomic E-state index is 0.101. The number of aryl methyl sites for hydroxylation is 2. The lowest BCUT2D eigenvalue weighted by Crippen LogP contribution is -3.12. The molecule has 0 spiro atoms. The summed E-state index contributed by atoms with van der Waals surface area (Å²) in [6.45, 7) is 7.47. The molecule has 0 amide bonds. The quantitative estimate of drug-likeness (QED) is 0.730. The third-order valence-electron chi connectivity index (χ3n) is 4.80. The molecule has 0 radical (unpaired) electrons. The van der Waals surface area contributed by atoms with Crippen LogP contribution in [0.3, 0.4) is 0 Å². The van der Waals surface area contributed by atoms with Gasteiger partial charge in [-0.3, -0.25) is 4.79 Å². The SMILES string of the molecule is Cc1csc(-c2coc3c(C[NH+]4CCOCC4)c(O)cc(C)c3c2=O)n1. The summed E-state index contributed by atoms with van der Waals surface area (Å²) >= 11 is 1.43. The number of morpholine rings is 1. The van der Waals surface area contributed by atoms with E-state index in [9.17, 15) is 9.90 Å². The van der Waals surface area contributed by atoms with Crippen LogP contribution in [0, 0.1) is 13.8 Å². The van der Waals surface area contributed by atoms with Gasteiger partial charge in [-0.2, -0.15) is 0 Å². The standard InChI is InChI=1S/C19H20N2O4S/c1-11-7-15(22)13(8-21-3-5-24-6-4-21)18-16(11)17(23)14(9-25-18)19-20-12(2)10-26-19/h7,9-10,22H,3-6,8H2,1-2H3/p+1. The first kappa shape index (κ1) is 17.2. The van der Waals surface area contributed by atoms with E-state index in [1.807, 2.05) is 19.2 Å². The van der Waals surface area contributed by atoms with Crippen LogP contribution in [0.5, 0.6) is 5.75 Å². The Bertz CT molecular complexity index is 1020. The Morgan fingerprint density at radius 3 is 2.77 bits per heavy atom. The summed E-state index contributed by atoms with van der Waals surface area (Å²) < 4.78 is 11.3. The van der Waals surface area contributed by atoms with E-state index in [4.69, 9.17) is 9.15 Å². The van der Waals surface area contributed by atoms with Crippen molar-refractivity contribution in [1.29, 1.82) is 0 Å². The summed E-state index contributed by atoms with van der Waals surface area (Å²) in [6, 6.07) is 1.66. The number of benzene rings is 1. The Balaban J connectivity index is 1.86. The second kappa shape index (κ2) is 6.83. The first-order valence-electron chi connectivity index (χ1n) is 8.65. The summed E-state index contributed by atoms with van der Waals surface area (Å²) in [4.78, 5) is 18.8. The van der Waals surface area contributed by atoms with Crippen molar-refractivity contribution < 1.29 is 19.2 Å². The summed E-state index contributed by atoms with van der Waals surface area (Å²) in [6.07, 6.45) is 1.47. The summed E-state index contributed by atoms with van der Waals surface area (Å²) in [5.74, 6) is 0.176. The zero-order valence-corrected chi connectivity index (χ0v) is 15.6. The molecule has 3 heterocycles. The molecular formula is C19H21N2O4S+. The Labute approximate surface area is 154 Å². The number of quaternary nitrogens is 1. The van der Waals surface area contributed by atoms with Gasteiger partial charge in [0.1, 0.15) is 36.7 Å². The largest absolute Gasteiger partial charge is 0.507 e. The first-order valence-corrected chi connectivity index (χ1v) is 9.53. The highest BCUT2D eigenvalue weighted by Gasteiger charge is 2.23. The number of thiazole rings is 1. The maximum atomic E-state index is 13.1. The van der Waals surface area contributed by atoms with Gasteiger partial charge >= 0.3 is 0 Å². The maximum absolute atomic E-state index is 13.1. The van der Waals surface area contributed by atoms with Gasteiger partial charge in [0.05, 0.1) is 29.7 Å². The van der Waals surface area contributed by atoms with Crippen molar-refractivity contribution in [2.45, 2.75) is 20.4 Å². The van der Waals surface area contributed by atoms with Gasteiger partial charge < -0.3 is 19.2 Å². The highest BCUT2D eigenvalue weighted by atomic mass is 32.1. The van der Waals surface area contributed by atoms with Crippen LogP contribution in [0.2, 0.25) is 0 Å². The molecule has 0 saturated carbocycles. The lowest BCUT2D eigenvalue weighted by molar-refractivity contribution is -0.921. The van der Waals surface area contributed by atoms with Crippen molar-refractivity contribution in [1.82, 2.24) is 4.98 Å². The van der Waals surface area contributed by atoms with Crippen LogP contribution >= 0.6 is 11.3 Å². The molecule has 4 rings (SSSR count). The number of nitrogens with one attached hydrogen (secondary N) is 1. The predicted molar refractivity (Wildman–Crippen MR) is 100.0 cm³/mol. The normalized spacial score (nSPS) is 15.6. The second-order valence-corrected chi connectivity index (χ2v) is 7.57. The zero-order chi connectivity index (χ0) is 18.3. The third-order valence-corrected chi connectivity index (χ3v) is 5.79. The Hall–Kier alpha value is -2.22. The van der Waals surface area contributed by atoms with Crippen LogP contribution in [0.4, 0.5) is 0 Å². The van der Waals surface area contributed by atoms with E-state index in [0.29, 0.717) is 52.4 Å². The van der Waals surface area contributed by atoms with E-state index in [1.54, 1.807) is 6.07 Å². The molecule has 2 aromatic heterocycles. The van der Waals surface area contributed by atoms with E-state index in [1.165, 1.54) is 22.5 Å². The van der Waals surface area contributed by atoms with Crippen molar-refractivity contribution in [3.05, 3.63) is 44.8 Å². The molecule has 1 aliphatic rings. The number of hydrogen-bond acceptors (Lipinski definition) is 6. The molecule has 1 aromatic carbocycles. The number of aromatic hydroxyl groups is 1. The average molecular weight is 373 g/mol. The van der Waals surface area contributed by atoms with E-state index < -0.39 is 0 Å². The van der Waals surface area contributed by atoms with Crippen LogP contribution < -0.4 is 10.3 Å². The molecule has 136 valence electrons. The zero-order valence-electron chi connectivity index (χ0n) is 14.8. The highest BCUT2D eigenvalue weighted by molar-refractivity contribution is 7.13. The van der Waals surface area contributed by atoms with Gasteiger partial charge in [0.15, 0.2) is 5.58 Å². The number of ether oxygens (including phenoxy) is 1. The monoisotopic (exact) mass is 373 g/mol. The smallest absolute Gasteiger partial charge is 0.203 e. The van der Waals surface area contributed by atoms with Crippen molar-refractivity contribution in [2.75, 3.05) is 26.3 Å². The molecule has 0 aliphatic carbocycles. The van der Waals surface area contributed by atoms with Gasteiger partial charge in [0.2, 0.25) is 5.43 Å². The fourth-order valence-electron chi connectivity index (χ4n) is 3.41. The van der Waals surface area contributed by atoms with Crippen LogP contribution in [-0.4, -0.2) is 36.4 Å². The molecule has 2 N–H and O–H groups in total. The lowest BCUT2D eigenvalue weighted by atomic mass is 10.0. The van der Waals surface area contributed by atoms with Crippen molar-refractivity contribution in [2.24, 2.45) is 0 Å². The molecule has 3 aromatic rings. The molecule has 7 heteroatoms. The number of fused-ring (bicyclic) bond motifs is 1. The van der Waals surface area contributed by atoms with E-state index in [0.717, 1.165) is 18.8 Å². The van der Waals surface area contributed by atoms with Gasteiger partial charge in [-0.05, 0) is 25.5 Å². The minimum Gasteiger partial charge on any atom is -0.507 e. The molecule has 0 unspecified atom stereocenters. The minimum atomic E-state index is -0.101. The molecule has 0 bridgehead atoms. The highest BCUT2D eigenvalue weighted by Crippen LogP contribution is 2.31. The summed E-state index contributed by atoms with van der Waals surface area (Å²) in [5.41, 5.74) is 3.11. The van der Waals surface area contributed by atoms with Crippen molar-refractivity contribution in [3.8, 4) is 16.3 Å². The van der Waals surface area contributed by atoms with E-state index in [-0.39, 0.29) is 11.2 Å². The van der Waals surface area contributed by atoms with Crippen molar-refractivity contribution >= 4 is 22.3 Å². The average Bonchev–Trinajstić information content (AvgIpc) is 3.05. The van der Waals surface area contributed by atoms with Gasteiger partial charge in [-0.15, -0.1) is 11.3 Å². The topological polar surface area (TPSA) is 77.0 Å². The van der Waals surface area contributed by atoms with Crippen LogP contribution in [0.15, 0.2) is 26.9 Å². The van der Waals surface area contributed by atoms with E-state index >= 15 is 0 Å². The molecule has 1 saturated heterocycles. The number of rotatable bonds is 3. The lowest BCUT2D eigenvalue weighted by Gasteiger charge is -2.24. The maximum Gasteiger partial charge on any atom is 0.203 e. The molecular weight excluding hydrogens is 352 g/mol. The van der Waals surface area contributed by atoms with Crippen LogP contribution in [0.25, 0.3) is 21.5 Å². The van der Waals surface area contributed by atoms with Crippen LogP contribution in [-0.2, 0) is 11.3 Å². The summed E-state index contributed by atoms with van der Waals surface area (Å²) in [5, 5.41) is 13.6. The number of nitrogens with zero attached hydrogens (tertiary/aromatic N) is 1. The molecule has 26 heavy (non-hydrogen) atoms. The Morgan fingerprint density at radius 2 is 2.08 bits per heavy atom. The summed E-state index contributed by atoms with van der Waals surface area (Å²) in [7, 11) is 0. The number of phenolic OH excluding ortho intramolecular Hbond substituents is 1.